The van der Waals surface area contributed by atoms with Gasteiger partial charge >= 0.3 is 0 Å². The summed E-state index contributed by atoms with van der Waals surface area (Å²) in [7, 11) is 0. The van der Waals surface area contributed by atoms with Crippen LogP contribution in [0.5, 0.6) is 0 Å². The van der Waals surface area contributed by atoms with Gasteiger partial charge in [0.1, 0.15) is 6.33 Å². The van der Waals surface area contributed by atoms with Gasteiger partial charge < -0.3 is 9.80 Å². The van der Waals surface area contributed by atoms with Crippen molar-refractivity contribution in [1.29, 1.82) is 0 Å². The van der Waals surface area contributed by atoms with E-state index < -0.39 is 0 Å². The lowest BCUT2D eigenvalue weighted by molar-refractivity contribution is 0.0746. The normalized spacial score (nSPS) is 14.4. The van der Waals surface area contributed by atoms with Crippen molar-refractivity contribution < 1.29 is 4.79 Å². The van der Waals surface area contributed by atoms with E-state index in [0.717, 1.165) is 35.9 Å². The van der Waals surface area contributed by atoms with E-state index in [0.29, 0.717) is 13.1 Å². The van der Waals surface area contributed by atoms with Gasteiger partial charge in [-0.15, -0.1) is 10.2 Å². The number of amides is 1. The molecule has 7 heteroatoms. The highest BCUT2D eigenvalue weighted by atomic mass is 16.2. The van der Waals surface area contributed by atoms with Crippen molar-refractivity contribution in [3.63, 3.8) is 0 Å². The van der Waals surface area contributed by atoms with Crippen molar-refractivity contribution in [2.45, 2.75) is 13.8 Å². The molecule has 27 heavy (non-hydrogen) atoms. The molecule has 0 spiro atoms. The van der Waals surface area contributed by atoms with Crippen LogP contribution < -0.4 is 4.90 Å². The van der Waals surface area contributed by atoms with Gasteiger partial charge in [0.25, 0.3) is 5.91 Å². The van der Waals surface area contributed by atoms with Gasteiger partial charge in [0, 0.05) is 44.1 Å². The molecular formula is C20H22N6O. The molecule has 3 aromatic rings. The predicted octanol–water partition coefficient (Wildman–Crippen LogP) is 2.24. The molecule has 1 saturated heterocycles. The van der Waals surface area contributed by atoms with Crippen LogP contribution in [0, 0.1) is 13.8 Å². The summed E-state index contributed by atoms with van der Waals surface area (Å²) >= 11 is 0. The molecule has 7 nitrogen and oxygen atoms in total. The van der Waals surface area contributed by atoms with Crippen molar-refractivity contribution in [2.24, 2.45) is 0 Å². The van der Waals surface area contributed by atoms with Crippen molar-refractivity contribution >= 4 is 11.7 Å². The fourth-order valence-corrected chi connectivity index (χ4v) is 3.21. The Labute approximate surface area is 158 Å². The van der Waals surface area contributed by atoms with Crippen molar-refractivity contribution in [2.75, 3.05) is 31.1 Å². The van der Waals surface area contributed by atoms with Crippen LogP contribution >= 0.6 is 0 Å². The zero-order valence-corrected chi connectivity index (χ0v) is 15.5. The Morgan fingerprint density at radius 1 is 0.926 bits per heavy atom. The smallest absolute Gasteiger partial charge is 0.253 e. The quantitative estimate of drug-likeness (QED) is 0.715. The fourth-order valence-electron chi connectivity index (χ4n) is 3.21. The van der Waals surface area contributed by atoms with Crippen LogP contribution in [0.25, 0.3) is 5.82 Å². The third-order valence-corrected chi connectivity index (χ3v) is 5.05. The monoisotopic (exact) mass is 362 g/mol. The van der Waals surface area contributed by atoms with Crippen LogP contribution in [-0.4, -0.2) is 56.7 Å². The van der Waals surface area contributed by atoms with E-state index in [1.807, 2.05) is 52.9 Å². The van der Waals surface area contributed by atoms with E-state index in [9.17, 15) is 4.79 Å². The van der Waals surface area contributed by atoms with Gasteiger partial charge in [0.05, 0.1) is 0 Å². The predicted molar refractivity (Wildman–Crippen MR) is 103 cm³/mol. The van der Waals surface area contributed by atoms with Crippen LogP contribution in [0.2, 0.25) is 0 Å². The highest BCUT2D eigenvalue weighted by Gasteiger charge is 2.23. The molecule has 0 saturated carbocycles. The second kappa shape index (κ2) is 7.19. The number of aryl methyl sites for hydroxylation is 2. The summed E-state index contributed by atoms with van der Waals surface area (Å²) in [6, 6.07) is 9.79. The van der Waals surface area contributed by atoms with Crippen LogP contribution in [0.4, 0.5) is 5.82 Å². The Bertz CT molecular complexity index is 928. The van der Waals surface area contributed by atoms with Crippen LogP contribution in [0.15, 0.2) is 49.1 Å². The number of carbonyl (C=O) groups is 1. The number of hydrogen-bond donors (Lipinski definition) is 0. The molecule has 1 aliphatic heterocycles. The van der Waals surface area contributed by atoms with Crippen LogP contribution in [0.1, 0.15) is 21.5 Å². The molecule has 1 aliphatic rings. The molecule has 4 rings (SSSR count). The first-order chi connectivity index (χ1) is 13.1. The molecular weight excluding hydrogens is 340 g/mol. The van der Waals surface area contributed by atoms with Gasteiger partial charge in [0.15, 0.2) is 11.6 Å². The Morgan fingerprint density at radius 3 is 2.30 bits per heavy atom. The minimum absolute atomic E-state index is 0.0966. The number of aromatic nitrogens is 4. The van der Waals surface area contributed by atoms with Gasteiger partial charge in [-0.25, -0.2) is 4.98 Å². The van der Waals surface area contributed by atoms with Crippen molar-refractivity contribution in [1.82, 2.24) is 24.6 Å². The third kappa shape index (κ3) is 3.53. The van der Waals surface area contributed by atoms with E-state index in [4.69, 9.17) is 0 Å². The number of benzene rings is 1. The summed E-state index contributed by atoms with van der Waals surface area (Å²) in [4.78, 5) is 20.8. The van der Waals surface area contributed by atoms with Crippen molar-refractivity contribution in [3.8, 4) is 5.82 Å². The van der Waals surface area contributed by atoms with Gasteiger partial charge in [-0.2, -0.15) is 0 Å². The minimum Gasteiger partial charge on any atom is -0.352 e. The maximum Gasteiger partial charge on any atom is 0.253 e. The molecule has 138 valence electrons. The number of carbonyl (C=O) groups excluding carboxylic acids is 1. The van der Waals surface area contributed by atoms with Crippen molar-refractivity contribution in [3.05, 3.63) is 65.7 Å². The Balaban J connectivity index is 1.39. The number of imidazole rings is 1. The lowest BCUT2D eigenvalue weighted by Gasteiger charge is -2.35. The zero-order chi connectivity index (χ0) is 18.8. The first kappa shape index (κ1) is 17.2. The molecule has 0 atom stereocenters. The van der Waals surface area contributed by atoms with Crippen LogP contribution in [0.3, 0.4) is 0 Å². The van der Waals surface area contributed by atoms with Crippen LogP contribution in [-0.2, 0) is 0 Å². The molecule has 0 radical (unpaired) electrons. The Hall–Kier alpha value is -3.22. The molecule has 2 aromatic heterocycles. The molecule has 0 bridgehead atoms. The average molecular weight is 362 g/mol. The van der Waals surface area contributed by atoms with E-state index in [-0.39, 0.29) is 5.91 Å². The summed E-state index contributed by atoms with van der Waals surface area (Å²) in [6.07, 6.45) is 5.24. The summed E-state index contributed by atoms with van der Waals surface area (Å²) in [5, 5.41) is 8.60. The molecule has 1 fully saturated rings. The fraction of sp³-hybridized carbons (Fsp3) is 0.300. The first-order valence-corrected chi connectivity index (χ1v) is 9.05. The third-order valence-electron chi connectivity index (χ3n) is 5.05. The molecule has 0 unspecified atom stereocenters. The Kier molecular flexibility index (Phi) is 4.58. The second-order valence-electron chi connectivity index (χ2n) is 6.80. The van der Waals surface area contributed by atoms with Gasteiger partial charge in [-0.05, 0) is 49.2 Å². The highest BCUT2D eigenvalue weighted by Crippen LogP contribution is 2.17. The lowest BCUT2D eigenvalue weighted by Crippen LogP contribution is -2.49. The van der Waals surface area contributed by atoms with Gasteiger partial charge in [0.2, 0.25) is 0 Å². The van der Waals surface area contributed by atoms with E-state index >= 15 is 0 Å². The second-order valence-corrected chi connectivity index (χ2v) is 6.80. The molecule has 0 aliphatic carbocycles. The van der Waals surface area contributed by atoms with E-state index in [2.05, 4.69) is 27.0 Å². The topological polar surface area (TPSA) is 67.2 Å². The lowest BCUT2D eigenvalue weighted by atomic mass is 10.1. The summed E-state index contributed by atoms with van der Waals surface area (Å²) in [6.45, 7) is 6.94. The number of anilines is 1. The Morgan fingerprint density at radius 2 is 1.67 bits per heavy atom. The SMILES string of the molecule is Cc1ccc(C(=O)N2CCN(c3ccc(-n4ccnc4)nn3)CC2)cc1C. The van der Waals surface area contributed by atoms with Gasteiger partial charge in [-0.1, -0.05) is 6.07 Å². The number of hydrogen-bond acceptors (Lipinski definition) is 5. The standard InChI is InChI=1S/C20H22N6O/c1-15-3-4-17(13-16(15)2)20(27)25-11-9-24(10-12-25)18-5-6-19(23-22-18)26-8-7-21-14-26/h3-8,13-14H,9-12H2,1-2H3. The summed E-state index contributed by atoms with van der Waals surface area (Å²) in [5.41, 5.74) is 3.11. The number of rotatable bonds is 3. The number of piperazine rings is 1. The molecule has 0 N–H and O–H groups in total. The largest absolute Gasteiger partial charge is 0.352 e. The summed E-state index contributed by atoms with van der Waals surface area (Å²) in [5.74, 6) is 1.66. The molecule has 3 heterocycles. The van der Waals surface area contributed by atoms with Gasteiger partial charge in [-0.3, -0.25) is 9.36 Å². The first-order valence-electron chi connectivity index (χ1n) is 9.05. The molecule has 1 aromatic carbocycles. The average Bonchev–Trinajstić information content (AvgIpc) is 3.25. The maximum atomic E-state index is 12.8. The van der Waals surface area contributed by atoms with E-state index in [1.165, 1.54) is 5.56 Å². The minimum atomic E-state index is 0.0966. The zero-order valence-electron chi connectivity index (χ0n) is 15.5. The van der Waals surface area contributed by atoms with E-state index in [1.54, 1.807) is 12.5 Å². The maximum absolute atomic E-state index is 12.8. The molecule has 1 amide bonds. The number of nitrogens with zero attached hydrogens (tertiary/aromatic N) is 6. The highest BCUT2D eigenvalue weighted by molar-refractivity contribution is 5.94. The summed E-state index contributed by atoms with van der Waals surface area (Å²) < 4.78 is 1.82.